The average Bonchev–Trinajstić information content (AvgIpc) is 3.20. The van der Waals surface area contributed by atoms with Gasteiger partial charge in [-0.3, -0.25) is 4.79 Å². The molecule has 0 aromatic heterocycles. The van der Waals surface area contributed by atoms with E-state index >= 15 is 0 Å². The summed E-state index contributed by atoms with van der Waals surface area (Å²) in [5.74, 6) is 1.65. The molecule has 0 aliphatic carbocycles. The normalized spacial score (nSPS) is 17.7. The third-order valence-electron chi connectivity index (χ3n) is 5.70. The first-order valence-corrected chi connectivity index (χ1v) is 11.3. The van der Waals surface area contributed by atoms with Gasteiger partial charge in [0, 0.05) is 31.9 Å². The summed E-state index contributed by atoms with van der Waals surface area (Å²) in [6, 6.07) is 19.3. The molecule has 2 aromatic rings. The summed E-state index contributed by atoms with van der Waals surface area (Å²) in [4.78, 5) is 29.0. The highest BCUT2D eigenvalue weighted by Crippen LogP contribution is 2.43. The van der Waals surface area contributed by atoms with Crippen molar-refractivity contribution >= 4 is 23.7 Å². The number of rotatable bonds is 5. The lowest BCUT2D eigenvalue weighted by atomic mass is 10.0. The monoisotopic (exact) mass is 425 g/mol. The van der Waals surface area contributed by atoms with Crippen LogP contribution in [0.1, 0.15) is 18.4 Å². The van der Waals surface area contributed by atoms with E-state index in [-0.39, 0.29) is 23.4 Å². The van der Waals surface area contributed by atoms with E-state index in [9.17, 15) is 9.59 Å². The van der Waals surface area contributed by atoms with Crippen molar-refractivity contribution in [2.75, 3.05) is 32.0 Å². The number of thioether (sulfide) groups is 1. The lowest BCUT2D eigenvalue weighted by molar-refractivity contribution is -0.136. The molecular formula is C23H27N3O3S. The molecule has 1 spiro atoms. The van der Waals surface area contributed by atoms with E-state index < -0.39 is 0 Å². The molecule has 158 valence electrons. The van der Waals surface area contributed by atoms with Crippen LogP contribution in [-0.4, -0.2) is 58.6 Å². The van der Waals surface area contributed by atoms with Crippen molar-refractivity contribution in [3.05, 3.63) is 66.2 Å². The number of para-hydroxylation sites is 1. The van der Waals surface area contributed by atoms with Crippen LogP contribution in [0.5, 0.6) is 5.75 Å². The summed E-state index contributed by atoms with van der Waals surface area (Å²) in [6.07, 6.45) is 1.57. The molecule has 2 fully saturated rings. The molecule has 0 radical (unpaired) electrons. The van der Waals surface area contributed by atoms with Gasteiger partial charge in [0.1, 0.15) is 5.75 Å². The average molecular weight is 426 g/mol. The molecule has 3 amide bonds. The SMILES string of the molecule is O=C(NCc1ccccc1)N1CCC2(CC1)SCCN2C(=O)COc1ccccc1. The lowest BCUT2D eigenvalue weighted by Gasteiger charge is -2.44. The molecule has 2 saturated heterocycles. The molecule has 2 aromatic carbocycles. The fourth-order valence-electron chi connectivity index (χ4n) is 4.06. The van der Waals surface area contributed by atoms with Crippen molar-refractivity contribution in [3.8, 4) is 5.75 Å². The molecule has 2 aliphatic rings. The first kappa shape index (κ1) is 20.6. The Hall–Kier alpha value is -2.67. The van der Waals surface area contributed by atoms with Gasteiger partial charge in [-0.2, -0.15) is 0 Å². The summed E-state index contributed by atoms with van der Waals surface area (Å²) in [6.45, 7) is 2.61. The highest BCUT2D eigenvalue weighted by atomic mass is 32.2. The maximum atomic E-state index is 12.9. The maximum absolute atomic E-state index is 12.9. The number of piperidine rings is 1. The number of carbonyl (C=O) groups excluding carboxylic acids is 2. The highest BCUT2D eigenvalue weighted by molar-refractivity contribution is 8.00. The molecule has 0 atom stereocenters. The van der Waals surface area contributed by atoms with E-state index in [1.54, 1.807) is 0 Å². The minimum atomic E-state index is -0.215. The van der Waals surface area contributed by atoms with Gasteiger partial charge >= 0.3 is 6.03 Å². The summed E-state index contributed by atoms with van der Waals surface area (Å²) in [5.41, 5.74) is 1.08. The molecule has 30 heavy (non-hydrogen) atoms. The molecule has 6 nitrogen and oxygen atoms in total. The molecule has 2 heterocycles. The van der Waals surface area contributed by atoms with Gasteiger partial charge in [0.2, 0.25) is 0 Å². The minimum Gasteiger partial charge on any atom is -0.484 e. The topological polar surface area (TPSA) is 61.9 Å². The summed E-state index contributed by atoms with van der Waals surface area (Å²) >= 11 is 1.84. The number of hydrogen-bond acceptors (Lipinski definition) is 4. The molecule has 4 rings (SSSR count). The molecule has 1 N–H and O–H groups in total. The van der Waals surface area contributed by atoms with Crippen molar-refractivity contribution in [3.63, 3.8) is 0 Å². The Balaban J connectivity index is 1.28. The predicted octanol–water partition coefficient (Wildman–Crippen LogP) is 3.34. The third-order valence-corrected chi connectivity index (χ3v) is 7.26. The van der Waals surface area contributed by atoms with Crippen LogP contribution in [0.2, 0.25) is 0 Å². The van der Waals surface area contributed by atoms with Gasteiger partial charge in [-0.15, -0.1) is 11.8 Å². The van der Waals surface area contributed by atoms with Crippen LogP contribution in [-0.2, 0) is 11.3 Å². The van der Waals surface area contributed by atoms with Crippen LogP contribution in [0.3, 0.4) is 0 Å². The zero-order valence-electron chi connectivity index (χ0n) is 17.0. The number of ether oxygens (including phenoxy) is 1. The number of hydrogen-bond donors (Lipinski definition) is 1. The standard InChI is InChI=1S/C23H27N3O3S/c27-21(18-29-20-9-5-2-6-10-20)26-15-16-30-23(26)11-13-25(14-12-23)22(28)24-17-19-7-3-1-4-8-19/h1-10H,11-18H2,(H,24,28). The first-order chi connectivity index (χ1) is 14.7. The second-order valence-electron chi connectivity index (χ2n) is 7.57. The second-order valence-corrected chi connectivity index (χ2v) is 9.03. The van der Waals surface area contributed by atoms with Crippen molar-refractivity contribution in [2.45, 2.75) is 24.3 Å². The summed E-state index contributed by atoms with van der Waals surface area (Å²) in [7, 11) is 0. The number of carbonyl (C=O) groups is 2. The van der Waals surface area contributed by atoms with Crippen LogP contribution < -0.4 is 10.1 Å². The Bertz CT molecular complexity index is 855. The Morgan fingerprint density at radius 2 is 1.63 bits per heavy atom. The number of nitrogens with zero attached hydrogens (tertiary/aromatic N) is 2. The Kier molecular flexibility index (Phi) is 6.47. The van der Waals surface area contributed by atoms with Gasteiger partial charge in [0.05, 0.1) is 4.87 Å². The van der Waals surface area contributed by atoms with E-state index in [1.165, 1.54) is 0 Å². The Morgan fingerprint density at radius 3 is 2.33 bits per heavy atom. The van der Waals surface area contributed by atoms with Gasteiger partial charge in [-0.1, -0.05) is 48.5 Å². The highest BCUT2D eigenvalue weighted by Gasteiger charge is 2.46. The Labute approximate surface area is 181 Å². The maximum Gasteiger partial charge on any atom is 0.317 e. The van der Waals surface area contributed by atoms with Crippen molar-refractivity contribution in [2.24, 2.45) is 0 Å². The minimum absolute atomic E-state index is 0.0193. The summed E-state index contributed by atoms with van der Waals surface area (Å²) < 4.78 is 5.67. The quantitative estimate of drug-likeness (QED) is 0.798. The molecule has 0 unspecified atom stereocenters. The van der Waals surface area contributed by atoms with E-state index in [0.717, 1.165) is 30.7 Å². The van der Waals surface area contributed by atoms with Crippen molar-refractivity contribution < 1.29 is 14.3 Å². The third kappa shape index (κ3) is 4.73. The Morgan fingerprint density at radius 1 is 0.967 bits per heavy atom. The number of likely N-dealkylation sites (tertiary alicyclic amines) is 1. The molecule has 0 saturated carbocycles. The van der Waals surface area contributed by atoms with Gasteiger partial charge in [-0.05, 0) is 30.5 Å². The molecule has 2 aliphatic heterocycles. The number of amides is 3. The number of nitrogens with one attached hydrogen (secondary N) is 1. The molecular weight excluding hydrogens is 398 g/mol. The smallest absolute Gasteiger partial charge is 0.317 e. The van der Waals surface area contributed by atoms with E-state index in [2.05, 4.69) is 5.32 Å². The zero-order valence-corrected chi connectivity index (χ0v) is 17.8. The fourth-order valence-corrected chi connectivity index (χ4v) is 5.53. The molecule has 0 bridgehead atoms. The van der Waals surface area contributed by atoms with Crippen LogP contribution in [0.15, 0.2) is 60.7 Å². The summed E-state index contributed by atoms with van der Waals surface area (Å²) in [5, 5.41) is 3.00. The zero-order chi connectivity index (χ0) is 20.8. The van der Waals surface area contributed by atoms with Gasteiger partial charge < -0.3 is 19.9 Å². The number of urea groups is 1. The van der Waals surface area contributed by atoms with Crippen LogP contribution in [0.25, 0.3) is 0 Å². The van der Waals surface area contributed by atoms with E-state index in [0.29, 0.717) is 25.4 Å². The van der Waals surface area contributed by atoms with Gasteiger partial charge in [0.25, 0.3) is 5.91 Å². The van der Waals surface area contributed by atoms with Crippen LogP contribution in [0, 0.1) is 0 Å². The van der Waals surface area contributed by atoms with Crippen LogP contribution >= 0.6 is 11.8 Å². The fraction of sp³-hybridized carbons (Fsp3) is 0.391. The van der Waals surface area contributed by atoms with Crippen molar-refractivity contribution in [1.29, 1.82) is 0 Å². The largest absolute Gasteiger partial charge is 0.484 e. The first-order valence-electron chi connectivity index (χ1n) is 10.4. The predicted molar refractivity (Wildman–Crippen MR) is 118 cm³/mol. The van der Waals surface area contributed by atoms with Crippen molar-refractivity contribution in [1.82, 2.24) is 15.1 Å². The van der Waals surface area contributed by atoms with Gasteiger partial charge in [0.15, 0.2) is 6.61 Å². The van der Waals surface area contributed by atoms with E-state index in [1.807, 2.05) is 82.2 Å². The van der Waals surface area contributed by atoms with E-state index in [4.69, 9.17) is 4.74 Å². The van der Waals surface area contributed by atoms with Crippen LogP contribution in [0.4, 0.5) is 4.79 Å². The molecule has 7 heteroatoms. The number of benzene rings is 2. The lowest BCUT2D eigenvalue weighted by Crippen LogP contribution is -2.55. The second kappa shape index (κ2) is 9.43. The van der Waals surface area contributed by atoms with Gasteiger partial charge in [-0.25, -0.2) is 4.79 Å².